The summed E-state index contributed by atoms with van der Waals surface area (Å²) >= 11 is 0. The number of hydrogen-bond acceptors (Lipinski definition) is 1. The monoisotopic (exact) mass is 252 g/mol. The topological polar surface area (TPSA) is 9.23 Å². The van der Waals surface area contributed by atoms with Gasteiger partial charge in [-0.1, -0.05) is 24.3 Å². The fourth-order valence-electron chi connectivity index (χ4n) is 1.06. The second-order valence-electron chi connectivity index (χ2n) is 2.25. The molecule has 0 N–H and O–H groups in total. The SMILES string of the molecule is C1=Cc2ccccc2OC1.[Fe].[Zn]. The van der Waals surface area contributed by atoms with E-state index in [9.17, 15) is 0 Å². The number of para-hydroxylation sites is 1. The first-order chi connectivity index (χ1) is 4.97. The molecule has 0 amide bonds. The van der Waals surface area contributed by atoms with Gasteiger partial charge in [0, 0.05) is 42.1 Å². The van der Waals surface area contributed by atoms with Crippen molar-refractivity contribution in [2.45, 2.75) is 0 Å². The van der Waals surface area contributed by atoms with Gasteiger partial charge in [-0.15, -0.1) is 0 Å². The molecule has 1 aromatic carbocycles. The Labute approximate surface area is 95.4 Å². The summed E-state index contributed by atoms with van der Waals surface area (Å²) < 4.78 is 5.34. The van der Waals surface area contributed by atoms with E-state index in [-0.39, 0.29) is 36.5 Å². The van der Waals surface area contributed by atoms with Crippen LogP contribution in [0.4, 0.5) is 0 Å². The van der Waals surface area contributed by atoms with Crippen molar-refractivity contribution in [2.75, 3.05) is 6.61 Å². The molecule has 0 aromatic heterocycles. The number of benzene rings is 1. The van der Waals surface area contributed by atoms with E-state index in [0.717, 1.165) is 5.75 Å². The van der Waals surface area contributed by atoms with Crippen LogP contribution < -0.4 is 4.74 Å². The van der Waals surface area contributed by atoms with Crippen molar-refractivity contribution in [1.29, 1.82) is 0 Å². The van der Waals surface area contributed by atoms with Gasteiger partial charge in [0.05, 0.1) is 0 Å². The third-order valence-electron chi connectivity index (χ3n) is 1.55. The molecule has 0 radical (unpaired) electrons. The number of ether oxygens (including phenoxy) is 1. The molecule has 12 heavy (non-hydrogen) atoms. The van der Waals surface area contributed by atoms with Gasteiger partial charge >= 0.3 is 0 Å². The van der Waals surface area contributed by atoms with Crippen LogP contribution in [0.25, 0.3) is 6.08 Å². The molecule has 60 valence electrons. The van der Waals surface area contributed by atoms with Gasteiger partial charge < -0.3 is 4.74 Å². The average Bonchev–Trinajstić information content (AvgIpc) is 2.05. The van der Waals surface area contributed by atoms with E-state index in [4.69, 9.17) is 4.74 Å². The van der Waals surface area contributed by atoms with Gasteiger partial charge in [0.15, 0.2) is 0 Å². The first-order valence-corrected chi connectivity index (χ1v) is 3.35. The Balaban J connectivity index is 0.000000605. The van der Waals surface area contributed by atoms with Gasteiger partial charge in [-0.05, 0) is 12.1 Å². The zero-order valence-corrected chi connectivity index (χ0v) is 10.7. The first-order valence-electron chi connectivity index (χ1n) is 3.35. The molecule has 2 rings (SSSR count). The van der Waals surface area contributed by atoms with Gasteiger partial charge in [-0.3, -0.25) is 0 Å². The summed E-state index contributed by atoms with van der Waals surface area (Å²) in [6.45, 7) is 0.705. The second-order valence-corrected chi connectivity index (χ2v) is 2.25. The molecule has 1 aliphatic heterocycles. The van der Waals surface area contributed by atoms with E-state index in [1.165, 1.54) is 5.56 Å². The summed E-state index contributed by atoms with van der Waals surface area (Å²) in [7, 11) is 0. The van der Waals surface area contributed by atoms with Crippen LogP contribution in [0, 0.1) is 0 Å². The molecule has 0 unspecified atom stereocenters. The van der Waals surface area contributed by atoms with Crippen LogP contribution in [0.3, 0.4) is 0 Å². The molecule has 0 spiro atoms. The summed E-state index contributed by atoms with van der Waals surface area (Å²) in [5.74, 6) is 0.991. The zero-order valence-electron chi connectivity index (χ0n) is 6.64. The number of rotatable bonds is 0. The first kappa shape index (κ1) is 11.9. The smallest absolute Gasteiger partial charge is 0.126 e. The van der Waals surface area contributed by atoms with Crippen LogP contribution in [0.2, 0.25) is 0 Å². The van der Waals surface area contributed by atoms with E-state index < -0.39 is 0 Å². The Bertz CT molecular complexity index is 273. The second kappa shape index (κ2) is 5.53. The molecular formula is C9H8FeOZn. The Morgan fingerprint density at radius 2 is 1.92 bits per heavy atom. The summed E-state index contributed by atoms with van der Waals surface area (Å²) in [5.41, 5.74) is 1.17. The van der Waals surface area contributed by atoms with E-state index in [1.54, 1.807) is 0 Å². The predicted octanol–water partition coefficient (Wildman–Crippen LogP) is 2.09. The molecule has 0 saturated carbocycles. The molecule has 0 bridgehead atoms. The molecule has 0 atom stereocenters. The number of fused-ring (bicyclic) bond motifs is 1. The Morgan fingerprint density at radius 3 is 2.67 bits per heavy atom. The van der Waals surface area contributed by atoms with Gasteiger partial charge in [-0.25, -0.2) is 0 Å². The van der Waals surface area contributed by atoms with Crippen LogP contribution in [0.5, 0.6) is 5.75 Å². The molecule has 1 heterocycles. The Kier molecular flexibility index (Phi) is 5.49. The maximum absolute atomic E-state index is 5.34. The molecule has 1 aromatic rings. The van der Waals surface area contributed by atoms with Crippen LogP contribution in [0.15, 0.2) is 30.3 Å². The summed E-state index contributed by atoms with van der Waals surface area (Å²) in [5, 5.41) is 0. The minimum Gasteiger partial charge on any atom is -0.489 e. The molecule has 0 aliphatic carbocycles. The van der Waals surface area contributed by atoms with Crippen LogP contribution in [-0.4, -0.2) is 6.61 Å². The van der Waals surface area contributed by atoms with Gasteiger partial charge in [0.25, 0.3) is 0 Å². The summed E-state index contributed by atoms with van der Waals surface area (Å²) in [4.78, 5) is 0. The van der Waals surface area contributed by atoms with Crippen LogP contribution in [0.1, 0.15) is 5.56 Å². The van der Waals surface area contributed by atoms with E-state index in [2.05, 4.69) is 6.08 Å². The van der Waals surface area contributed by atoms with E-state index in [1.807, 2.05) is 30.3 Å². The molecular weight excluding hydrogens is 245 g/mol. The van der Waals surface area contributed by atoms with Gasteiger partial charge in [0.2, 0.25) is 0 Å². The normalized spacial score (nSPS) is 11.7. The Morgan fingerprint density at radius 1 is 1.17 bits per heavy atom. The largest absolute Gasteiger partial charge is 0.489 e. The van der Waals surface area contributed by atoms with Crippen LogP contribution in [-0.2, 0) is 36.5 Å². The van der Waals surface area contributed by atoms with Crippen molar-refractivity contribution in [1.82, 2.24) is 0 Å². The third kappa shape index (κ3) is 2.45. The maximum Gasteiger partial charge on any atom is 0.126 e. The minimum absolute atomic E-state index is 0. The van der Waals surface area contributed by atoms with Crippen molar-refractivity contribution in [3.63, 3.8) is 0 Å². The van der Waals surface area contributed by atoms with E-state index in [0.29, 0.717) is 6.61 Å². The maximum atomic E-state index is 5.34. The summed E-state index contributed by atoms with van der Waals surface area (Å²) in [6, 6.07) is 8.03. The predicted molar refractivity (Wildman–Crippen MR) is 41.0 cm³/mol. The molecule has 1 nitrogen and oxygen atoms in total. The third-order valence-corrected chi connectivity index (χ3v) is 1.55. The standard InChI is InChI=1S/C9H8O.Fe.Zn/c1-2-6-9-8(4-1)5-3-7-10-9;;/h1-6H,7H2;;. The van der Waals surface area contributed by atoms with Crippen molar-refractivity contribution in [3.05, 3.63) is 35.9 Å². The average molecular weight is 253 g/mol. The van der Waals surface area contributed by atoms with Crippen molar-refractivity contribution >= 4 is 6.08 Å². The molecule has 1 aliphatic rings. The van der Waals surface area contributed by atoms with E-state index >= 15 is 0 Å². The fourth-order valence-corrected chi connectivity index (χ4v) is 1.06. The molecule has 0 saturated heterocycles. The molecule has 0 fully saturated rings. The van der Waals surface area contributed by atoms with Crippen molar-refractivity contribution in [3.8, 4) is 5.75 Å². The molecule has 3 heteroatoms. The van der Waals surface area contributed by atoms with Gasteiger partial charge in [-0.2, -0.15) is 0 Å². The minimum atomic E-state index is 0. The van der Waals surface area contributed by atoms with Crippen molar-refractivity contribution < 1.29 is 41.3 Å². The Hall–Kier alpha value is -0.0971. The summed E-state index contributed by atoms with van der Waals surface area (Å²) in [6.07, 6.45) is 4.10. The zero-order chi connectivity index (χ0) is 6.81. The fraction of sp³-hybridized carbons (Fsp3) is 0.111. The van der Waals surface area contributed by atoms with Gasteiger partial charge in [0.1, 0.15) is 12.4 Å². The quantitative estimate of drug-likeness (QED) is 0.643. The number of hydrogen-bond donors (Lipinski definition) is 0. The van der Waals surface area contributed by atoms with Crippen molar-refractivity contribution in [2.24, 2.45) is 0 Å². The van der Waals surface area contributed by atoms with Crippen LogP contribution >= 0.6 is 0 Å².